The molecule has 1 fully saturated rings. The topological polar surface area (TPSA) is 12.4 Å². The van der Waals surface area contributed by atoms with Gasteiger partial charge in [-0.25, -0.2) is 8.78 Å². The van der Waals surface area contributed by atoms with Crippen molar-refractivity contribution in [2.45, 2.75) is 51.9 Å². The highest BCUT2D eigenvalue weighted by Crippen LogP contribution is 2.37. The summed E-state index contributed by atoms with van der Waals surface area (Å²) in [5.41, 5.74) is 1.92. The van der Waals surface area contributed by atoms with Gasteiger partial charge in [0.05, 0.1) is 5.16 Å². The Balaban J connectivity index is 1.64. The zero-order chi connectivity index (χ0) is 20.6. The average Bonchev–Trinajstić information content (AvgIpc) is 2.74. The second-order valence-electron chi connectivity index (χ2n) is 7.51. The Kier molecular flexibility index (Phi) is 7.69. The molecule has 0 saturated heterocycles. The standard InChI is InChI=1S/C25H24F2NS/c1-2-3-4-18-7-11-21(12-8-18)22-13-9-19(10-14-22)5-6-20-15-23(26)25(28-17-29)24(27)16-20/h9-10,13-16,18H,2-4,7-8,11-12H2,1H3. The lowest BCUT2D eigenvalue weighted by Crippen LogP contribution is -2.14. The first-order valence-electron chi connectivity index (χ1n) is 10.1. The van der Waals surface area contributed by atoms with E-state index in [0.717, 1.165) is 23.6 Å². The molecule has 3 rings (SSSR count). The van der Waals surface area contributed by atoms with Crippen molar-refractivity contribution < 1.29 is 8.78 Å². The van der Waals surface area contributed by atoms with Gasteiger partial charge in [-0.15, -0.1) is 0 Å². The molecular formula is C25H24F2NS. The minimum atomic E-state index is -0.798. The van der Waals surface area contributed by atoms with Gasteiger partial charge in [0.15, 0.2) is 11.6 Å². The van der Waals surface area contributed by atoms with Crippen LogP contribution in [0.1, 0.15) is 68.6 Å². The second kappa shape index (κ2) is 10.4. The van der Waals surface area contributed by atoms with E-state index in [2.05, 4.69) is 48.1 Å². The molecule has 149 valence electrons. The summed E-state index contributed by atoms with van der Waals surface area (Å²) < 4.78 is 27.8. The lowest BCUT2D eigenvalue weighted by molar-refractivity contribution is 0.354. The maximum absolute atomic E-state index is 13.9. The van der Waals surface area contributed by atoms with Gasteiger partial charge in [0.2, 0.25) is 0 Å². The molecule has 4 heteroatoms. The number of rotatable bonds is 5. The van der Waals surface area contributed by atoms with E-state index in [1.165, 1.54) is 56.4 Å². The van der Waals surface area contributed by atoms with Crippen LogP contribution in [0.3, 0.4) is 0 Å². The fourth-order valence-electron chi connectivity index (χ4n) is 3.82. The molecule has 0 unspecified atom stereocenters. The molecule has 0 bridgehead atoms. The summed E-state index contributed by atoms with van der Waals surface area (Å²) in [7, 11) is 0. The quantitative estimate of drug-likeness (QED) is 0.285. The highest BCUT2D eigenvalue weighted by atomic mass is 32.1. The lowest BCUT2D eigenvalue weighted by Gasteiger charge is -2.28. The van der Waals surface area contributed by atoms with Crippen LogP contribution in [0, 0.1) is 35.3 Å². The molecule has 0 spiro atoms. The Hall–Kier alpha value is -2.34. The van der Waals surface area contributed by atoms with Crippen LogP contribution in [0.2, 0.25) is 0 Å². The number of benzene rings is 2. The normalized spacial score (nSPS) is 14.7. The SMILES string of the molecule is CCCCC1CC[C](c2ccc(C#Cc3cc(F)c(N=C=S)c(F)c3)cc2)CC1. The van der Waals surface area contributed by atoms with Crippen LogP contribution in [0.5, 0.6) is 0 Å². The van der Waals surface area contributed by atoms with Gasteiger partial charge in [0.1, 0.15) is 5.69 Å². The summed E-state index contributed by atoms with van der Waals surface area (Å²) in [5, 5.41) is 1.98. The first-order chi connectivity index (χ1) is 14.1. The van der Waals surface area contributed by atoms with E-state index in [0.29, 0.717) is 0 Å². The summed E-state index contributed by atoms with van der Waals surface area (Å²) >= 11 is 4.40. The van der Waals surface area contributed by atoms with Crippen LogP contribution in [-0.2, 0) is 0 Å². The van der Waals surface area contributed by atoms with Crippen molar-refractivity contribution >= 4 is 23.1 Å². The summed E-state index contributed by atoms with van der Waals surface area (Å²) in [6.07, 6.45) is 8.90. The number of nitrogens with zero attached hydrogens (tertiary/aromatic N) is 1. The molecule has 0 aromatic heterocycles. The Labute approximate surface area is 177 Å². The second-order valence-corrected chi connectivity index (χ2v) is 7.69. The van der Waals surface area contributed by atoms with Crippen molar-refractivity contribution in [1.82, 2.24) is 0 Å². The van der Waals surface area contributed by atoms with E-state index in [9.17, 15) is 8.78 Å². The molecule has 0 aliphatic heterocycles. The Morgan fingerprint density at radius 2 is 1.62 bits per heavy atom. The summed E-state index contributed by atoms with van der Waals surface area (Å²) in [6.45, 7) is 2.25. The van der Waals surface area contributed by atoms with Crippen LogP contribution in [0.25, 0.3) is 0 Å². The smallest absolute Gasteiger partial charge is 0.153 e. The van der Waals surface area contributed by atoms with E-state index in [-0.39, 0.29) is 5.56 Å². The van der Waals surface area contributed by atoms with Gasteiger partial charge in [0, 0.05) is 17.0 Å². The van der Waals surface area contributed by atoms with Crippen molar-refractivity contribution in [1.29, 1.82) is 0 Å². The molecule has 1 nitrogen and oxygen atoms in total. The number of hydrogen-bond acceptors (Lipinski definition) is 2. The number of isothiocyanates is 1. The van der Waals surface area contributed by atoms with Gasteiger partial charge < -0.3 is 0 Å². The van der Waals surface area contributed by atoms with Crippen LogP contribution in [-0.4, -0.2) is 5.16 Å². The van der Waals surface area contributed by atoms with Gasteiger partial charge in [-0.3, -0.25) is 0 Å². The maximum atomic E-state index is 13.9. The van der Waals surface area contributed by atoms with Gasteiger partial charge in [0.25, 0.3) is 0 Å². The maximum Gasteiger partial charge on any atom is 0.153 e. The Bertz CT molecular complexity index is 918. The molecule has 0 N–H and O–H groups in total. The Morgan fingerprint density at radius 3 is 2.21 bits per heavy atom. The summed E-state index contributed by atoms with van der Waals surface area (Å²) in [5.74, 6) is 6.59. The molecule has 1 aliphatic carbocycles. The van der Waals surface area contributed by atoms with Crippen molar-refractivity contribution in [2.75, 3.05) is 0 Å². The van der Waals surface area contributed by atoms with Crippen molar-refractivity contribution in [3.63, 3.8) is 0 Å². The third kappa shape index (κ3) is 5.82. The van der Waals surface area contributed by atoms with Gasteiger partial charge in [-0.05, 0) is 73.6 Å². The minimum Gasteiger partial charge on any atom is -0.204 e. The fourth-order valence-corrected chi connectivity index (χ4v) is 3.91. The highest BCUT2D eigenvalue weighted by molar-refractivity contribution is 7.78. The first-order valence-corrected chi connectivity index (χ1v) is 10.6. The molecule has 1 radical (unpaired) electrons. The molecule has 0 amide bonds. The van der Waals surface area contributed by atoms with Crippen LogP contribution in [0.4, 0.5) is 14.5 Å². The molecule has 2 aromatic carbocycles. The predicted octanol–water partition coefficient (Wildman–Crippen LogP) is 7.40. The predicted molar refractivity (Wildman–Crippen MR) is 117 cm³/mol. The third-order valence-corrected chi connectivity index (χ3v) is 5.58. The van der Waals surface area contributed by atoms with Crippen molar-refractivity contribution in [3.05, 3.63) is 70.6 Å². The number of halogens is 2. The van der Waals surface area contributed by atoms with Gasteiger partial charge in [-0.2, -0.15) is 4.99 Å². The number of thiocarbonyl (C=S) groups is 1. The largest absolute Gasteiger partial charge is 0.204 e. The van der Waals surface area contributed by atoms with E-state index < -0.39 is 17.3 Å². The summed E-state index contributed by atoms with van der Waals surface area (Å²) in [6, 6.07) is 10.5. The highest BCUT2D eigenvalue weighted by Gasteiger charge is 2.22. The number of hydrogen-bond donors (Lipinski definition) is 0. The molecule has 0 heterocycles. The van der Waals surface area contributed by atoms with E-state index in [4.69, 9.17) is 0 Å². The molecular weight excluding hydrogens is 384 g/mol. The fraction of sp³-hybridized carbons (Fsp3) is 0.360. The van der Waals surface area contributed by atoms with Crippen molar-refractivity contribution in [2.24, 2.45) is 10.9 Å². The van der Waals surface area contributed by atoms with Gasteiger partial charge >= 0.3 is 0 Å². The van der Waals surface area contributed by atoms with E-state index >= 15 is 0 Å². The number of aliphatic imine (C=N–C) groups is 1. The zero-order valence-electron chi connectivity index (χ0n) is 16.6. The van der Waals surface area contributed by atoms with Crippen LogP contribution in [0.15, 0.2) is 41.4 Å². The summed E-state index contributed by atoms with van der Waals surface area (Å²) in [4.78, 5) is 3.40. The monoisotopic (exact) mass is 408 g/mol. The number of unbranched alkanes of at least 4 members (excludes halogenated alkanes) is 1. The van der Waals surface area contributed by atoms with Crippen molar-refractivity contribution in [3.8, 4) is 11.8 Å². The zero-order valence-corrected chi connectivity index (χ0v) is 17.4. The van der Waals surface area contributed by atoms with Crippen LogP contribution < -0.4 is 0 Å². The van der Waals surface area contributed by atoms with Crippen LogP contribution >= 0.6 is 12.2 Å². The molecule has 0 atom stereocenters. The third-order valence-electron chi connectivity index (χ3n) is 5.49. The average molecular weight is 409 g/mol. The minimum absolute atomic E-state index is 0.257. The first kappa shape index (κ1) is 21.4. The molecule has 2 aromatic rings. The van der Waals surface area contributed by atoms with E-state index in [1.54, 1.807) is 0 Å². The molecule has 1 saturated carbocycles. The van der Waals surface area contributed by atoms with E-state index in [1.807, 2.05) is 17.3 Å². The molecule has 29 heavy (non-hydrogen) atoms. The van der Waals surface area contributed by atoms with Gasteiger partial charge in [-0.1, -0.05) is 50.2 Å². The lowest BCUT2D eigenvalue weighted by atomic mass is 9.77. The molecule has 1 aliphatic rings. The Morgan fingerprint density at radius 1 is 1.00 bits per heavy atom.